The minimum atomic E-state index is 0.109. The molecule has 1 N–H and O–H groups in total. The molecule has 1 aromatic carbocycles. The number of carbonyl (C=O) groups excluding carboxylic acids is 1. The first-order valence-corrected chi connectivity index (χ1v) is 9.05. The number of thioether (sulfide) groups is 1. The smallest absolute Gasteiger partial charge is 0.255 e. The third-order valence-corrected chi connectivity index (χ3v) is 4.39. The fourth-order valence-electron chi connectivity index (χ4n) is 2.30. The summed E-state index contributed by atoms with van der Waals surface area (Å²) < 4.78 is 0. The highest BCUT2D eigenvalue weighted by molar-refractivity contribution is 7.98. The van der Waals surface area contributed by atoms with Gasteiger partial charge in [-0.15, -0.1) is 0 Å². The highest BCUT2D eigenvalue weighted by atomic mass is 32.2. The standard InChI is InChI=1S/C17H28N2OS/c1-6-10-18-16-9-8-13(3)11-15(16)17(20)19(4)14(7-2)12-21-5/h8-9,11,14,18H,6-7,10,12H2,1-5H3. The van der Waals surface area contributed by atoms with E-state index in [1.165, 1.54) is 0 Å². The molecule has 3 nitrogen and oxygen atoms in total. The van der Waals surface area contributed by atoms with Gasteiger partial charge in [0.2, 0.25) is 0 Å². The third kappa shape index (κ3) is 4.95. The van der Waals surface area contributed by atoms with Crippen LogP contribution in [0.3, 0.4) is 0 Å². The zero-order valence-corrected chi connectivity index (χ0v) is 14.7. The van der Waals surface area contributed by atoms with Crippen molar-refractivity contribution in [1.29, 1.82) is 0 Å². The number of benzene rings is 1. The molecule has 1 rings (SSSR count). The van der Waals surface area contributed by atoms with E-state index in [0.29, 0.717) is 0 Å². The summed E-state index contributed by atoms with van der Waals surface area (Å²) in [6.07, 6.45) is 4.11. The summed E-state index contributed by atoms with van der Waals surface area (Å²) in [5.41, 5.74) is 2.84. The van der Waals surface area contributed by atoms with Crippen molar-refractivity contribution in [1.82, 2.24) is 4.90 Å². The molecule has 0 radical (unpaired) electrons. The van der Waals surface area contributed by atoms with Crippen molar-refractivity contribution in [2.45, 2.75) is 39.7 Å². The third-order valence-electron chi connectivity index (χ3n) is 3.67. The largest absolute Gasteiger partial charge is 0.384 e. The van der Waals surface area contributed by atoms with E-state index in [2.05, 4.69) is 25.4 Å². The van der Waals surface area contributed by atoms with Crippen LogP contribution in [0.25, 0.3) is 0 Å². The van der Waals surface area contributed by atoms with E-state index in [9.17, 15) is 4.79 Å². The number of amides is 1. The fraction of sp³-hybridized carbons (Fsp3) is 0.588. The van der Waals surface area contributed by atoms with Gasteiger partial charge in [0.05, 0.1) is 5.56 Å². The summed E-state index contributed by atoms with van der Waals surface area (Å²) in [6, 6.07) is 6.34. The average molecular weight is 308 g/mol. The number of rotatable bonds is 8. The van der Waals surface area contributed by atoms with Gasteiger partial charge in [-0.1, -0.05) is 25.5 Å². The van der Waals surface area contributed by atoms with Crippen molar-refractivity contribution < 1.29 is 4.79 Å². The summed E-state index contributed by atoms with van der Waals surface area (Å²) in [6.45, 7) is 7.17. The molecule has 0 bridgehead atoms. The monoisotopic (exact) mass is 308 g/mol. The number of carbonyl (C=O) groups is 1. The van der Waals surface area contributed by atoms with Crippen LogP contribution in [0.2, 0.25) is 0 Å². The first kappa shape index (κ1) is 17.9. The van der Waals surface area contributed by atoms with Crippen molar-refractivity contribution in [3.8, 4) is 0 Å². The molecule has 0 aliphatic heterocycles. The minimum absolute atomic E-state index is 0.109. The van der Waals surface area contributed by atoms with Crippen molar-refractivity contribution in [2.24, 2.45) is 0 Å². The molecule has 0 aromatic heterocycles. The first-order valence-electron chi connectivity index (χ1n) is 7.65. The number of nitrogens with zero attached hydrogens (tertiary/aromatic N) is 1. The summed E-state index contributed by atoms with van der Waals surface area (Å²) in [5, 5.41) is 3.36. The molecule has 0 saturated heterocycles. The Labute approximate surface area is 133 Å². The predicted octanol–water partition coefficient (Wildman–Crippen LogP) is 4.03. The molecule has 1 aromatic rings. The molecule has 118 valence electrons. The number of aryl methyl sites for hydroxylation is 1. The maximum Gasteiger partial charge on any atom is 0.255 e. The Kier molecular flexibility index (Phi) is 7.65. The van der Waals surface area contributed by atoms with Gasteiger partial charge in [-0.3, -0.25) is 4.79 Å². The lowest BCUT2D eigenvalue weighted by atomic mass is 10.1. The Morgan fingerprint density at radius 2 is 2.10 bits per heavy atom. The van der Waals surface area contributed by atoms with E-state index in [4.69, 9.17) is 0 Å². The van der Waals surface area contributed by atoms with Gasteiger partial charge in [0.15, 0.2) is 0 Å². The lowest BCUT2D eigenvalue weighted by Gasteiger charge is -2.28. The molecule has 4 heteroatoms. The van der Waals surface area contributed by atoms with E-state index < -0.39 is 0 Å². The molecule has 21 heavy (non-hydrogen) atoms. The molecule has 0 aliphatic carbocycles. The van der Waals surface area contributed by atoms with Crippen LogP contribution in [0.1, 0.15) is 42.6 Å². The molecule has 1 atom stereocenters. The minimum Gasteiger partial charge on any atom is -0.384 e. The molecule has 1 amide bonds. The van der Waals surface area contributed by atoms with Crippen molar-refractivity contribution in [2.75, 3.05) is 30.9 Å². The molecule has 0 aliphatic rings. The van der Waals surface area contributed by atoms with Crippen LogP contribution >= 0.6 is 11.8 Å². The molecule has 1 unspecified atom stereocenters. The van der Waals surface area contributed by atoms with Gasteiger partial charge in [-0.05, 0) is 38.2 Å². The van der Waals surface area contributed by atoms with Crippen LogP contribution in [0.15, 0.2) is 18.2 Å². The van der Waals surface area contributed by atoms with Gasteiger partial charge in [0.25, 0.3) is 5.91 Å². The number of nitrogens with one attached hydrogen (secondary N) is 1. The average Bonchev–Trinajstić information content (AvgIpc) is 2.49. The summed E-state index contributed by atoms with van der Waals surface area (Å²) >= 11 is 1.79. The number of anilines is 1. The van der Waals surface area contributed by atoms with Crippen LogP contribution in [0, 0.1) is 6.92 Å². The topological polar surface area (TPSA) is 32.3 Å². The Morgan fingerprint density at radius 3 is 2.67 bits per heavy atom. The fourth-order valence-corrected chi connectivity index (χ4v) is 3.14. The molecule has 0 fully saturated rings. The number of hydrogen-bond acceptors (Lipinski definition) is 3. The van der Waals surface area contributed by atoms with Crippen LogP contribution in [-0.2, 0) is 0 Å². The SMILES string of the molecule is CCCNc1ccc(C)cc1C(=O)N(C)C(CC)CSC. The zero-order chi connectivity index (χ0) is 15.8. The highest BCUT2D eigenvalue weighted by Gasteiger charge is 2.21. The Morgan fingerprint density at radius 1 is 1.38 bits per heavy atom. The molecule has 0 saturated carbocycles. The van der Waals surface area contributed by atoms with E-state index in [-0.39, 0.29) is 11.9 Å². The lowest BCUT2D eigenvalue weighted by Crippen LogP contribution is -2.38. The molecule has 0 spiro atoms. The van der Waals surface area contributed by atoms with Crippen LogP contribution < -0.4 is 5.32 Å². The van der Waals surface area contributed by atoms with E-state index >= 15 is 0 Å². The van der Waals surface area contributed by atoms with Gasteiger partial charge in [0, 0.05) is 31.1 Å². The van der Waals surface area contributed by atoms with Crippen molar-refractivity contribution >= 4 is 23.4 Å². The Hall–Kier alpha value is -1.16. The molecule has 0 heterocycles. The highest BCUT2D eigenvalue weighted by Crippen LogP contribution is 2.21. The molecular formula is C17H28N2OS. The second-order valence-corrected chi connectivity index (χ2v) is 6.32. The van der Waals surface area contributed by atoms with Crippen LogP contribution in [0.4, 0.5) is 5.69 Å². The maximum absolute atomic E-state index is 12.8. The summed E-state index contributed by atoms with van der Waals surface area (Å²) in [5.74, 6) is 1.08. The Balaban J connectivity index is 3.01. The van der Waals surface area contributed by atoms with Crippen molar-refractivity contribution in [3.05, 3.63) is 29.3 Å². The van der Waals surface area contributed by atoms with Gasteiger partial charge in [-0.2, -0.15) is 11.8 Å². The zero-order valence-electron chi connectivity index (χ0n) is 13.9. The van der Waals surface area contributed by atoms with E-state index in [0.717, 1.165) is 42.0 Å². The Bertz CT molecular complexity index is 462. The van der Waals surface area contributed by atoms with Gasteiger partial charge in [0.1, 0.15) is 0 Å². The van der Waals surface area contributed by atoms with Gasteiger partial charge >= 0.3 is 0 Å². The summed E-state index contributed by atoms with van der Waals surface area (Å²) in [4.78, 5) is 14.7. The van der Waals surface area contributed by atoms with Gasteiger partial charge in [-0.25, -0.2) is 0 Å². The molecular weight excluding hydrogens is 280 g/mol. The first-order chi connectivity index (χ1) is 10.0. The van der Waals surface area contributed by atoms with Crippen LogP contribution in [0.5, 0.6) is 0 Å². The van der Waals surface area contributed by atoms with Crippen molar-refractivity contribution in [3.63, 3.8) is 0 Å². The van der Waals surface area contributed by atoms with E-state index in [1.54, 1.807) is 11.8 Å². The second kappa shape index (κ2) is 8.98. The summed E-state index contributed by atoms with van der Waals surface area (Å²) in [7, 11) is 1.92. The van der Waals surface area contributed by atoms with Gasteiger partial charge < -0.3 is 10.2 Å². The quantitative estimate of drug-likeness (QED) is 0.787. The second-order valence-electron chi connectivity index (χ2n) is 5.41. The lowest BCUT2D eigenvalue weighted by molar-refractivity contribution is 0.0744. The van der Waals surface area contributed by atoms with Crippen LogP contribution in [-0.4, -0.2) is 42.4 Å². The number of hydrogen-bond donors (Lipinski definition) is 1. The normalized spacial score (nSPS) is 12.0. The predicted molar refractivity (Wildman–Crippen MR) is 94.5 cm³/mol. The van der Waals surface area contributed by atoms with E-state index in [1.807, 2.05) is 37.1 Å². The maximum atomic E-state index is 12.8.